The molecule has 3 N–H and O–H groups in total. The number of carboxylic acid groups (broad SMARTS) is 1. The molecule has 0 fully saturated rings. The molecule has 0 spiro atoms. The molecule has 0 saturated carbocycles. The van der Waals surface area contributed by atoms with Gasteiger partial charge < -0.3 is 14.8 Å². The van der Waals surface area contributed by atoms with E-state index in [1.165, 1.54) is 31.8 Å². The Balaban J connectivity index is 2.27. The molecule has 0 aliphatic heterocycles. The fourth-order valence-corrected chi connectivity index (χ4v) is 2.69. The van der Waals surface area contributed by atoms with E-state index < -0.39 is 16.0 Å². The predicted molar refractivity (Wildman–Crippen MR) is 72.6 cm³/mol. The molecule has 0 aliphatic carbocycles. The molecule has 0 saturated heterocycles. The van der Waals surface area contributed by atoms with Gasteiger partial charge in [0.15, 0.2) is 0 Å². The fourth-order valence-electron chi connectivity index (χ4n) is 1.66. The number of ether oxygens (including phenoxy) is 1. The minimum atomic E-state index is -3.83. The van der Waals surface area contributed by atoms with Crippen LogP contribution in [0, 0.1) is 0 Å². The van der Waals surface area contributed by atoms with Crippen LogP contribution in [0.2, 0.25) is 0 Å². The van der Waals surface area contributed by atoms with Crippen molar-refractivity contribution < 1.29 is 23.1 Å². The second-order valence-electron chi connectivity index (χ2n) is 4.07. The minimum Gasteiger partial charge on any atom is -0.496 e. The van der Waals surface area contributed by atoms with Gasteiger partial charge in [-0.15, -0.1) is 0 Å². The standard InChI is InChI=1S/C12H13N3O5S/c1-20-11-3-2-9(4-10(11)12(16)17)21(18,19)15-6-8-5-13-7-14-8/h2-5,7,15H,6H2,1H3,(H,13,14)(H,16,17). The van der Waals surface area contributed by atoms with Crippen molar-refractivity contribution in [3.05, 3.63) is 42.0 Å². The maximum absolute atomic E-state index is 12.1. The lowest BCUT2D eigenvalue weighted by atomic mass is 10.2. The quantitative estimate of drug-likeness (QED) is 0.718. The molecule has 0 bridgehead atoms. The van der Waals surface area contributed by atoms with Crippen LogP contribution in [-0.4, -0.2) is 36.6 Å². The number of nitrogens with zero attached hydrogens (tertiary/aromatic N) is 1. The first-order valence-electron chi connectivity index (χ1n) is 5.82. The minimum absolute atomic E-state index is 0.0246. The van der Waals surface area contributed by atoms with Gasteiger partial charge in [-0.1, -0.05) is 0 Å². The van der Waals surface area contributed by atoms with Crippen molar-refractivity contribution in [3.8, 4) is 5.75 Å². The highest BCUT2D eigenvalue weighted by Gasteiger charge is 2.19. The number of aromatic carboxylic acids is 1. The van der Waals surface area contributed by atoms with Gasteiger partial charge in [0.25, 0.3) is 0 Å². The van der Waals surface area contributed by atoms with Crippen LogP contribution in [0.15, 0.2) is 35.6 Å². The van der Waals surface area contributed by atoms with Crippen molar-refractivity contribution in [3.63, 3.8) is 0 Å². The van der Waals surface area contributed by atoms with E-state index in [1.807, 2.05) is 0 Å². The monoisotopic (exact) mass is 311 g/mol. The number of hydrogen-bond donors (Lipinski definition) is 3. The summed E-state index contributed by atoms with van der Waals surface area (Å²) in [5, 5.41) is 9.06. The van der Waals surface area contributed by atoms with Gasteiger partial charge in [-0.2, -0.15) is 0 Å². The number of methoxy groups -OCH3 is 1. The van der Waals surface area contributed by atoms with E-state index in [2.05, 4.69) is 14.7 Å². The van der Waals surface area contributed by atoms with Gasteiger partial charge >= 0.3 is 5.97 Å². The molecular formula is C12H13N3O5S. The van der Waals surface area contributed by atoms with Gasteiger partial charge in [0, 0.05) is 11.9 Å². The van der Waals surface area contributed by atoms with Crippen molar-refractivity contribution >= 4 is 16.0 Å². The van der Waals surface area contributed by atoms with Crippen LogP contribution >= 0.6 is 0 Å². The SMILES string of the molecule is COc1ccc(S(=O)(=O)NCc2cnc[nH]2)cc1C(=O)O. The molecule has 0 aliphatic rings. The molecule has 0 atom stereocenters. The molecule has 21 heavy (non-hydrogen) atoms. The van der Waals surface area contributed by atoms with Crippen molar-refractivity contribution in [1.82, 2.24) is 14.7 Å². The van der Waals surface area contributed by atoms with E-state index >= 15 is 0 Å². The number of aromatic amines is 1. The highest BCUT2D eigenvalue weighted by Crippen LogP contribution is 2.22. The van der Waals surface area contributed by atoms with Gasteiger partial charge in [0.1, 0.15) is 11.3 Å². The lowest BCUT2D eigenvalue weighted by Gasteiger charge is -2.09. The highest BCUT2D eigenvalue weighted by molar-refractivity contribution is 7.89. The Labute approximate surface area is 120 Å². The van der Waals surface area contributed by atoms with Gasteiger partial charge in [0.2, 0.25) is 10.0 Å². The summed E-state index contributed by atoms with van der Waals surface area (Å²) in [6, 6.07) is 3.63. The zero-order chi connectivity index (χ0) is 15.5. The van der Waals surface area contributed by atoms with Crippen LogP contribution in [0.3, 0.4) is 0 Å². The first-order valence-corrected chi connectivity index (χ1v) is 7.30. The number of rotatable bonds is 6. The van der Waals surface area contributed by atoms with E-state index in [-0.39, 0.29) is 22.8 Å². The van der Waals surface area contributed by atoms with Gasteiger partial charge in [0.05, 0.1) is 24.9 Å². The van der Waals surface area contributed by atoms with Gasteiger partial charge in [-0.05, 0) is 18.2 Å². The first-order chi connectivity index (χ1) is 9.94. The Morgan fingerprint density at radius 2 is 2.24 bits per heavy atom. The van der Waals surface area contributed by atoms with Crippen molar-refractivity contribution in [2.24, 2.45) is 0 Å². The summed E-state index contributed by atoms with van der Waals surface area (Å²) in [4.78, 5) is 17.5. The van der Waals surface area contributed by atoms with E-state index in [9.17, 15) is 13.2 Å². The third-order valence-electron chi connectivity index (χ3n) is 2.72. The first kappa shape index (κ1) is 15.0. The molecule has 2 rings (SSSR count). The molecule has 1 aromatic heterocycles. The number of aromatic nitrogens is 2. The smallest absolute Gasteiger partial charge is 0.339 e. The second kappa shape index (κ2) is 5.94. The van der Waals surface area contributed by atoms with Crippen LogP contribution in [0.4, 0.5) is 0 Å². The molecule has 0 unspecified atom stereocenters. The van der Waals surface area contributed by atoms with E-state index in [4.69, 9.17) is 9.84 Å². The van der Waals surface area contributed by atoms with E-state index in [0.29, 0.717) is 5.69 Å². The largest absolute Gasteiger partial charge is 0.496 e. The summed E-state index contributed by atoms with van der Waals surface area (Å²) in [5.41, 5.74) is 0.368. The van der Waals surface area contributed by atoms with Crippen LogP contribution in [0.1, 0.15) is 16.1 Å². The maximum atomic E-state index is 12.1. The molecule has 8 nitrogen and oxygen atoms in total. The normalized spacial score (nSPS) is 11.3. The van der Waals surface area contributed by atoms with Gasteiger partial charge in [-0.3, -0.25) is 0 Å². The highest BCUT2D eigenvalue weighted by atomic mass is 32.2. The number of carboxylic acids is 1. The third kappa shape index (κ3) is 3.38. The Kier molecular flexibility index (Phi) is 4.24. The fraction of sp³-hybridized carbons (Fsp3) is 0.167. The number of H-pyrrole nitrogens is 1. The summed E-state index contributed by atoms with van der Waals surface area (Å²) in [5.74, 6) is -1.17. The number of hydrogen-bond acceptors (Lipinski definition) is 5. The molecule has 2 aromatic rings. The molecule has 1 heterocycles. The molecule has 9 heteroatoms. The summed E-state index contributed by atoms with van der Waals surface area (Å²) >= 11 is 0. The Bertz CT molecular complexity index is 740. The summed E-state index contributed by atoms with van der Waals surface area (Å²) < 4.78 is 31.5. The van der Waals surface area contributed by atoms with Crippen LogP contribution in [0.25, 0.3) is 0 Å². The van der Waals surface area contributed by atoms with Crippen molar-refractivity contribution in [2.45, 2.75) is 11.4 Å². The maximum Gasteiger partial charge on any atom is 0.339 e. The van der Waals surface area contributed by atoms with Crippen LogP contribution in [0.5, 0.6) is 5.75 Å². The lowest BCUT2D eigenvalue weighted by Crippen LogP contribution is -2.23. The average Bonchev–Trinajstić information content (AvgIpc) is 2.97. The average molecular weight is 311 g/mol. The molecule has 0 radical (unpaired) electrons. The molecular weight excluding hydrogens is 298 g/mol. The second-order valence-corrected chi connectivity index (χ2v) is 5.84. The number of nitrogens with one attached hydrogen (secondary N) is 2. The molecule has 1 aromatic carbocycles. The summed E-state index contributed by atoms with van der Waals surface area (Å²) in [6.07, 6.45) is 2.92. The Hall–Kier alpha value is -2.39. The van der Waals surface area contributed by atoms with E-state index in [0.717, 1.165) is 6.07 Å². The zero-order valence-electron chi connectivity index (χ0n) is 11.0. The van der Waals surface area contributed by atoms with Crippen molar-refractivity contribution in [2.75, 3.05) is 7.11 Å². The lowest BCUT2D eigenvalue weighted by molar-refractivity contribution is 0.0693. The number of benzene rings is 1. The Morgan fingerprint density at radius 1 is 1.48 bits per heavy atom. The van der Waals surface area contributed by atoms with Crippen LogP contribution in [-0.2, 0) is 16.6 Å². The molecule has 112 valence electrons. The zero-order valence-corrected chi connectivity index (χ0v) is 11.8. The number of sulfonamides is 1. The number of carbonyl (C=O) groups is 1. The summed E-state index contributed by atoms with van der Waals surface area (Å²) in [6.45, 7) is 0.0246. The van der Waals surface area contributed by atoms with Gasteiger partial charge in [-0.25, -0.2) is 22.9 Å². The third-order valence-corrected chi connectivity index (χ3v) is 4.12. The Morgan fingerprint density at radius 3 is 2.81 bits per heavy atom. The van der Waals surface area contributed by atoms with Crippen molar-refractivity contribution in [1.29, 1.82) is 0 Å². The van der Waals surface area contributed by atoms with Crippen LogP contribution < -0.4 is 9.46 Å². The summed E-state index contributed by atoms with van der Waals surface area (Å²) in [7, 11) is -2.52. The number of imidazole rings is 1. The molecule has 0 amide bonds. The predicted octanol–water partition coefficient (Wildman–Crippen LogP) is 0.595. The van der Waals surface area contributed by atoms with E-state index in [1.54, 1.807) is 0 Å². The topological polar surface area (TPSA) is 121 Å².